The summed E-state index contributed by atoms with van der Waals surface area (Å²) < 4.78 is 11.0. The summed E-state index contributed by atoms with van der Waals surface area (Å²) in [5, 5.41) is 0. The Morgan fingerprint density at radius 2 is 1.30 bits per heavy atom. The molecule has 0 spiro atoms. The summed E-state index contributed by atoms with van der Waals surface area (Å²) in [4.78, 5) is 2.55. The van der Waals surface area contributed by atoms with E-state index in [0.717, 1.165) is 39.3 Å². The van der Waals surface area contributed by atoms with Gasteiger partial charge in [-0.05, 0) is 24.2 Å². The second-order valence-corrected chi connectivity index (χ2v) is 8.06. The Hall–Kier alpha value is -0.380. The maximum Gasteiger partial charge on any atom is 0.0546 e. The van der Waals surface area contributed by atoms with Crippen LogP contribution in [-0.4, -0.2) is 52.0 Å². The molecule has 3 heteroatoms. The molecule has 0 heterocycles. The van der Waals surface area contributed by atoms with Gasteiger partial charge < -0.3 is 9.47 Å². The minimum atomic E-state index is 0.0704. The van der Waals surface area contributed by atoms with Crippen molar-refractivity contribution in [1.29, 1.82) is 0 Å². The molecule has 0 unspecified atom stereocenters. The Bertz CT molecular complexity index is 295. The van der Waals surface area contributed by atoms with Crippen molar-refractivity contribution in [3.05, 3.63) is 12.2 Å². The van der Waals surface area contributed by atoms with E-state index in [-0.39, 0.29) is 5.41 Å². The molecule has 0 saturated heterocycles. The molecule has 0 N–H and O–H groups in total. The van der Waals surface area contributed by atoms with Crippen molar-refractivity contribution in [2.75, 3.05) is 47.1 Å². The largest absolute Gasteiger partial charge is 0.384 e. The number of hydrogen-bond donors (Lipinski definition) is 0. The Kier molecular flexibility index (Phi) is 11.9. The molecule has 0 aliphatic carbocycles. The van der Waals surface area contributed by atoms with Gasteiger partial charge >= 0.3 is 0 Å². The summed E-state index contributed by atoms with van der Waals surface area (Å²) in [7, 11) is 3.56. The predicted octanol–water partition coefficient (Wildman–Crippen LogP) is 4.48. The molecule has 138 valence electrons. The summed E-state index contributed by atoms with van der Waals surface area (Å²) in [6.45, 7) is 18.5. The molecule has 0 bridgehead atoms. The molecular weight excluding hydrogens is 286 g/mol. The molecule has 0 aromatic rings. The van der Waals surface area contributed by atoms with Crippen LogP contribution in [0.4, 0.5) is 0 Å². The van der Waals surface area contributed by atoms with Crippen LogP contribution >= 0.6 is 0 Å². The minimum Gasteiger partial charge on any atom is -0.384 e. The highest BCUT2D eigenvalue weighted by Crippen LogP contribution is 2.32. The topological polar surface area (TPSA) is 21.7 Å². The van der Waals surface area contributed by atoms with Crippen LogP contribution in [-0.2, 0) is 9.47 Å². The predicted molar refractivity (Wildman–Crippen MR) is 101 cm³/mol. The molecule has 0 aliphatic rings. The van der Waals surface area contributed by atoms with Gasteiger partial charge in [-0.15, -0.1) is 0 Å². The number of methoxy groups -OCH3 is 2. The van der Waals surface area contributed by atoms with Crippen LogP contribution in [0.3, 0.4) is 0 Å². The fourth-order valence-electron chi connectivity index (χ4n) is 3.10. The molecule has 0 saturated carbocycles. The lowest BCUT2D eigenvalue weighted by Crippen LogP contribution is -2.36. The summed E-state index contributed by atoms with van der Waals surface area (Å²) in [6, 6.07) is 0. The summed E-state index contributed by atoms with van der Waals surface area (Å²) in [5.74, 6) is 1.94. The fourth-order valence-corrected chi connectivity index (χ4v) is 3.10. The molecule has 0 rings (SSSR count). The third kappa shape index (κ3) is 9.49. The molecule has 23 heavy (non-hydrogen) atoms. The third-order valence-corrected chi connectivity index (χ3v) is 4.39. The monoisotopic (exact) mass is 327 g/mol. The lowest BCUT2D eigenvalue weighted by atomic mass is 9.75. The smallest absolute Gasteiger partial charge is 0.0546 e. The Morgan fingerprint density at radius 3 is 1.65 bits per heavy atom. The van der Waals surface area contributed by atoms with Crippen molar-refractivity contribution in [2.45, 2.75) is 48.0 Å². The van der Waals surface area contributed by atoms with Gasteiger partial charge in [0.25, 0.3) is 0 Å². The zero-order chi connectivity index (χ0) is 17.9. The van der Waals surface area contributed by atoms with E-state index in [0.29, 0.717) is 17.8 Å². The highest BCUT2D eigenvalue weighted by Gasteiger charge is 2.32. The average molecular weight is 328 g/mol. The Labute approximate surface area is 145 Å². The second kappa shape index (κ2) is 12.0. The van der Waals surface area contributed by atoms with Crippen molar-refractivity contribution in [3.8, 4) is 0 Å². The van der Waals surface area contributed by atoms with Crippen molar-refractivity contribution < 1.29 is 9.47 Å². The number of rotatable bonds is 13. The fraction of sp³-hybridized carbons (Fsp3) is 0.900. The van der Waals surface area contributed by atoms with Gasteiger partial charge in [-0.3, -0.25) is 4.90 Å². The van der Waals surface area contributed by atoms with E-state index in [4.69, 9.17) is 9.47 Å². The molecule has 0 radical (unpaired) electrons. The molecule has 0 aromatic carbocycles. The molecule has 0 fully saturated rings. The van der Waals surface area contributed by atoms with Gasteiger partial charge in [0.15, 0.2) is 0 Å². The Balaban J connectivity index is 4.69. The van der Waals surface area contributed by atoms with Crippen LogP contribution in [0.2, 0.25) is 0 Å². The maximum atomic E-state index is 5.48. The summed E-state index contributed by atoms with van der Waals surface area (Å²) in [5.41, 5.74) is 0.0704. The first-order valence-electron chi connectivity index (χ1n) is 9.12. The molecule has 0 amide bonds. The number of nitrogens with zero attached hydrogens (tertiary/aromatic N) is 1. The highest BCUT2D eigenvalue weighted by molar-refractivity contribution is 4.94. The molecule has 0 aromatic heterocycles. The lowest BCUT2D eigenvalue weighted by Gasteiger charge is -2.35. The molecule has 0 aliphatic heterocycles. The van der Waals surface area contributed by atoms with Gasteiger partial charge in [0.2, 0.25) is 0 Å². The van der Waals surface area contributed by atoms with Crippen LogP contribution in [0.25, 0.3) is 0 Å². The molecule has 3 nitrogen and oxygen atoms in total. The van der Waals surface area contributed by atoms with E-state index >= 15 is 0 Å². The van der Waals surface area contributed by atoms with E-state index in [9.17, 15) is 0 Å². The van der Waals surface area contributed by atoms with Crippen LogP contribution in [0, 0.1) is 23.2 Å². The van der Waals surface area contributed by atoms with Gasteiger partial charge in [-0.25, -0.2) is 0 Å². The van der Waals surface area contributed by atoms with Gasteiger partial charge in [-0.1, -0.05) is 53.7 Å². The lowest BCUT2D eigenvalue weighted by molar-refractivity contribution is -0.0184. The standard InChI is InChI=1S/C20H41NO2/c1-17(2)13-21(14-18(3)4)12-10-9-11-20(15-22-7,16-23-8)19(5)6/h9-10,17-19H,11-16H2,1-8H3/b10-9+. The van der Waals surface area contributed by atoms with Crippen molar-refractivity contribution in [3.63, 3.8) is 0 Å². The molecular formula is C20H41NO2. The van der Waals surface area contributed by atoms with Gasteiger partial charge in [0, 0.05) is 39.3 Å². The zero-order valence-electron chi connectivity index (χ0n) is 16.9. The van der Waals surface area contributed by atoms with Gasteiger partial charge in [0.05, 0.1) is 13.2 Å². The van der Waals surface area contributed by atoms with Crippen molar-refractivity contribution in [1.82, 2.24) is 4.90 Å². The minimum absolute atomic E-state index is 0.0704. The van der Waals surface area contributed by atoms with E-state index in [1.165, 1.54) is 0 Å². The second-order valence-electron chi connectivity index (χ2n) is 8.06. The first kappa shape index (κ1) is 22.6. The van der Waals surface area contributed by atoms with Crippen LogP contribution in [0.5, 0.6) is 0 Å². The SMILES string of the molecule is COCC(C/C=C/CN(CC(C)C)CC(C)C)(COC)C(C)C. The van der Waals surface area contributed by atoms with Crippen molar-refractivity contribution in [2.24, 2.45) is 23.2 Å². The van der Waals surface area contributed by atoms with Crippen LogP contribution in [0.15, 0.2) is 12.2 Å². The first-order valence-corrected chi connectivity index (χ1v) is 9.12. The van der Waals surface area contributed by atoms with E-state index in [2.05, 4.69) is 58.6 Å². The van der Waals surface area contributed by atoms with E-state index in [1.54, 1.807) is 14.2 Å². The number of hydrogen-bond acceptors (Lipinski definition) is 3. The molecule has 0 atom stereocenters. The van der Waals surface area contributed by atoms with Crippen LogP contribution in [0.1, 0.15) is 48.0 Å². The first-order chi connectivity index (χ1) is 10.8. The highest BCUT2D eigenvalue weighted by atomic mass is 16.5. The van der Waals surface area contributed by atoms with E-state index < -0.39 is 0 Å². The third-order valence-electron chi connectivity index (χ3n) is 4.39. The zero-order valence-corrected chi connectivity index (χ0v) is 16.9. The average Bonchev–Trinajstić information content (AvgIpc) is 2.42. The van der Waals surface area contributed by atoms with Gasteiger partial charge in [0.1, 0.15) is 0 Å². The van der Waals surface area contributed by atoms with Crippen LogP contribution < -0.4 is 0 Å². The summed E-state index contributed by atoms with van der Waals surface area (Å²) >= 11 is 0. The number of allylic oxidation sites excluding steroid dienone is 1. The summed E-state index contributed by atoms with van der Waals surface area (Å²) in [6.07, 6.45) is 5.66. The Morgan fingerprint density at radius 1 is 0.826 bits per heavy atom. The maximum absolute atomic E-state index is 5.48. The quantitative estimate of drug-likeness (QED) is 0.465. The van der Waals surface area contributed by atoms with Gasteiger partial charge in [-0.2, -0.15) is 0 Å². The number of ether oxygens (including phenoxy) is 2. The van der Waals surface area contributed by atoms with Crippen molar-refractivity contribution >= 4 is 0 Å². The normalized spacial score (nSPS) is 13.4. The van der Waals surface area contributed by atoms with E-state index in [1.807, 2.05) is 0 Å².